The molecule has 0 atom stereocenters. The van der Waals surface area contributed by atoms with Crippen LogP contribution in [0.3, 0.4) is 0 Å². The van der Waals surface area contributed by atoms with Crippen LogP contribution in [0.25, 0.3) is 0 Å². The number of rotatable bonds is 5. The van der Waals surface area contributed by atoms with Gasteiger partial charge in [0.25, 0.3) is 5.91 Å². The zero-order valence-electron chi connectivity index (χ0n) is 10.6. The molecule has 8 nitrogen and oxygen atoms in total. The van der Waals surface area contributed by atoms with Crippen LogP contribution >= 0.6 is 0 Å². The summed E-state index contributed by atoms with van der Waals surface area (Å²) >= 11 is 0. The first-order chi connectivity index (χ1) is 9.63. The molecule has 0 aliphatic carbocycles. The van der Waals surface area contributed by atoms with E-state index in [0.29, 0.717) is 0 Å². The molecule has 0 unspecified atom stereocenters. The second kappa shape index (κ2) is 5.83. The molecule has 0 saturated carbocycles. The number of nitrogens with one attached hydrogen (secondary N) is 2. The van der Waals surface area contributed by atoms with E-state index in [9.17, 15) is 14.9 Å². The molecule has 1 amide bonds. The molecule has 0 bridgehead atoms. The summed E-state index contributed by atoms with van der Waals surface area (Å²) in [6.07, 6.45) is 1.56. The van der Waals surface area contributed by atoms with Crippen molar-refractivity contribution in [2.45, 2.75) is 6.54 Å². The van der Waals surface area contributed by atoms with E-state index in [1.54, 1.807) is 12.3 Å². The number of nitrogens with zero attached hydrogens (tertiary/aromatic N) is 2. The third-order valence-electron chi connectivity index (χ3n) is 2.64. The van der Waals surface area contributed by atoms with E-state index in [-0.39, 0.29) is 23.5 Å². The monoisotopic (exact) mass is 276 g/mol. The van der Waals surface area contributed by atoms with Crippen LogP contribution < -0.4 is 10.1 Å². The zero-order valence-corrected chi connectivity index (χ0v) is 10.6. The molecular formula is C12H12N4O4. The molecule has 20 heavy (non-hydrogen) atoms. The van der Waals surface area contributed by atoms with Gasteiger partial charge in [-0.05, 0) is 12.1 Å². The number of hydrogen-bond donors (Lipinski definition) is 2. The smallest absolute Gasteiger partial charge is 0.311 e. The van der Waals surface area contributed by atoms with Crippen LogP contribution in [-0.2, 0) is 6.54 Å². The van der Waals surface area contributed by atoms with E-state index in [0.717, 1.165) is 5.69 Å². The number of aromatic nitrogens is 2. The first-order valence-corrected chi connectivity index (χ1v) is 5.71. The number of amides is 1. The lowest BCUT2D eigenvalue weighted by Crippen LogP contribution is -2.23. The number of nitro groups is 1. The molecule has 2 aromatic rings. The summed E-state index contributed by atoms with van der Waals surface area (Å²) in [7, 11) is 1.29. The van der Waals surface area contributed by atoms with Gasteiger partial charge in [-0.25, -0.2) is 0 Å². The SMILES string of the molecule is COc1c(C(=O)NCc2ccn[nH]2)cccc1[N+](=O)[O-]. The van der Waals surface area contributed by atoms with Crippen molar-refractivity contribution < 1.29 is 14.5 Å². The van der Waals surface area contributed by atoms with Gasteiger partial charge in [-0.3, -0.25) is 20.0 Å². The van der Waals surface area contributed by atoms with Gasteiger partial charge in [0.2, 0.25) is 5.75 Å². The molecule has 1 heterocycles. The van der Waals surface area contributed by atoms with E-state index in [1.165, 1.54) is 25.3 Å². The van der Waals surface area contributed by atoms with Gasteiger partial charge < -0.3 is 10.1 Å². The Hall–Kier alpha value is -2.90. The standard InChI is InChI=1S/C12H12N4O4/c1-20-11-9(3-2-4-10(11)16(18)19)12(17)13-7-8-5-6-14-15-8/h2-6H,7H2,1H3,(H,13,17)(H,14,15). The second-order valence-corrected chi connectivity index (χ2v) is 3.88. The van der Waals surface area contributed by atoms with Crippen LogP contribution in [0.1, 0.15) is 16.1 Å². The average molecular weight is 276 g/mol. The van der Waals surface area contributed by atoms with Gasteiger partial charge in [-0.15, -0.1) is 0 Å². The highest BCUT2D eigenvalue weighted by molar-refractivity contribution is 5.98. The van der Waals surface area contributed by atoms with Gasteiger partial charge in [-0.2, -0.15) is 5.10 Å². The number of H-pyrrole nitrogens is 1. The van der Waals surface area contributed by atoms with E-state index in [2.05, 4.69) is 15.5 Å². The van der Waals surface area contributed by atoms with Crippen LogP contribution in [-0.4, -0.2) is 28.1 Å². The third-order valence-corrected chi connectivity index (χ3v) is 2.64. The quantitative estimate of drug-likeness (QED) is 0.631. The number of ether oxygens (including phenoxy) is 1. The van der Waals surface area contributed by atoms with Crippen LogP contribution in [0, 0.1) is 10.1 Å². The summed E-state index contributed by atoms with van der Waals surface area (Å²) in [4.78, 5) is 22.3. The third kappa shape index (κ3) is 2.74. The van der Waals surface area contributed by atoms with Crippen LogP contribution in [0.5, 0.6) is 5.75 Å². The van der Waals surface area contributed by atoms with E-state index >= 15 is 0 Å². The fraction of sp³-hybridized carbons (Fsp3) is 0.167. The molecule has 2 rings (SSSR count). The van der Waals surface area contributed by atoms with Gasteiger partial charge in [0.1, 0.15) is 0 Å². The van der Waals surface area contributed by atoms with Crippen molar-refractivity contribution >= 4 is 11.6 Å². The Morgan fingerprint density at radius 1 is 1.50 bits per heavy atom. The Morgan fingerprint density at radius 3 is 2.90 bits per heavy atom. The number of aromatic amines is 1. The van der Waals surface area contributed by atoms with Crippen molar-refractivity contribution in [3.8, 4) is 5.75 Å². The predicted octanol–water partition coefficient (Wildman–Crippen LogP) is 1.26. The molecule has 0 fully saturated rings. The van der Waals surface area contributed by atoms with Gasteiger partial charge >= 0.3 is 5.69 Å². The van der Waals surface area contributed by atoms with Crippen molar-refractivity contribution in [3.05, 3.63) is 51.8 Å². The van der Waals surface area contributed by atoms with E-state index in [1.807, 2.05) is 0 Å². The first-order valence-electron chi connectivity index (χ1n) is 5.71. The maximum atomic E-state index is 12.0. The van der Waals surface area contributed by atoms with Crippen molar-refractivity contribution in [1.82, 2.24) is 15.5 Å². The number of carbonyl (C=O) groups excluding carboxylic acids is 1. The summed E-state index contributed by atoms with van der Waals surface area (Å²) in [5, 5.41) is 20.0. The number of benzene rings is 1. The zero-order chi connectivity index (χ0) is 14.5. The first kappa shape index (κ1) is 13.5. The lowest BCUT2D eigenvalue weighted by atomic mass is 10.1. The van der Waals surface area contributed by atoms with Crippen molar-refractivity contribution in [2.75, 3.05) is 7.11 Å². The Balaban J connectivity index is 2.21. The highest BCUT2D eigenvalue weighted by Gasteiger charge is 2.22. The molecule has 1 aromatic heterocycles. The second-order valence-electron chi connectivity index (χ2n) is 3.88. The van der Waals surface area contributed by atoms with Crippen molar-refractivity contribution in [3.63, 3.8) is 0 Å². The summed E-state index contributed by atoms with van der Waals surface area (Å²) < 4.78 is 4.97. The molecular weight excluding hydrogens is 264 g/mol. The van der Waals surface area contributed by atoms with E-state index in [4.69, 9.17) is 4.74 Å². The Bertz CT molecular complexity index is 624. The van der Waals surface area contributed by atoms with E-state index < -0.39 is 10.8 Å². The lowest BCUT2D eigenvalue weighted by molar-refractivity contribution is -0.385. The Labute approximate surface area is 113 Å². The fourth-order valence-corrected chi connectivity index (χ4v) is 1.72. The number of nitro benzene ring substituents is 1. The summed E-state index contributed by atoms with van der Waals surface area (Å²) in [6, 6.07) is 5.90. The maximum Gasteiger partial charge on any atom is 0.311 e. The molecule has 0 aliphatic heterocycles. The van der Waals surface area contributed by atoms with Crippen LogP contribution in [0.15, 0.2) is 30.5 Å². The summed E-state index contributed by atoms with van der Waals surface area (Å²) in [5.41, 5.74) is 0.589. The van der Waals surface area contributed by atoms with Gasteiger partial charge in [-0.1, -0.05) is 6.07 Å². The largest absolute Gasteiger partial charge is 0.490 e. The predicted molar refractivity (Wildman–Crippen MR) is 69.4 cm³/mol. The highest BCUT2D eigenvalue weighted by atomic mass is 16.6. The van der Waals surface area contributed by atoms with Gasteiger partial charge in [0, 0.05) is 12.3 Å². The topological polar surface area (TPSA) is 110 Å². The molecule has 0 radical (unpaired) electrons. The number of hydrogen-bond acceptors (Lipinski definition) is 5. The fourth-order valence-electron chi connectivity index (χ4n) is 1.72. The average Bonchev–Trinajstić information content (AvgIpc) is 2.97. The molecule has 0 saturated heterocycles. The number of methoxy groups -OCH3 is 1. The lowest BCUT2D eigenvalue weighted by Gasteiger charge is -2.08. The van der Waals surface area contributed by atoms with Gasteiger partial charge in [0.15, 0.2) is 0 Å². The number of para-hydroxylation sites is 1. The highest BCUT2D eigenvalue weighted by Crippen LogP contribution is 2.30. The maximum absolute atomic E-state index is 12.0. The normalized spacial score (nSPS) is 10.1. The minimum atomic E-state index is -0.593. The van der Waals surface area contributed by atoms with Crippen LogP contribution in [0.2, 0.25) is 0 Å². The number of carbonyl (C=O) groups is 1. The molecule has 0 aliphatic rings. The van der Waals surface area contributed by atoms with Crippen molar-refractivity contribution in [1.29, 1.82) is 0 Å². The van der Waals surface area contributed by atoms with Gasteiger partial charge in [0.05, 0.1) is 29.8 Å². The Morgan fingerprint density at radius 2 is 2.30 bits per heavy atom. The Kier molecular flexibility index (Phi) is 3.94. The minimum absolute atomic E-state index is 0.0559. The molecule has 104 valence electrons. The van der Waals surface area contributed by atoms with Crippen molar-refractivity contribution in [2.24, 2.45) is 0 Å². The molecule has 2 N–H and O–H groups in total. The minimum Gasteiger partial charge on any atom is -0.490 e. The molecule has 1 aromatic carbocycles. The summed E-state index contributed by atoms with van der Waals surface area (Å²) in [6.45, 7) is 0.241. The molecule has 0 spiro atoms. The summed E-state index contributed by atoms with van der Waals surface area (Å²) in [5.74, 6) is -0.514. The molecule has 8 heteroatoms. The van der Waals surface area contributed by atoms with Crippen LogP contribution in [0.4, 0.5) is 5.69 Å².